The lowest BCUT2D eigenvalue weighted by atomic mass is 9.95. The number of carbonyl (C=O) groups is 1. The Morgan fingerprint density at radius 1 is 1.25 bits per heavy atom. The third kappa shape index (κ3) is 2.68. The van der Waals surface area contributed by atoms with E-state index in [-0.39, 0.29) is 18.1 Å². The molecule has 0 spiro atoms. The van der Waals surface area contributed by atoms with Gasteiger partial charge in [-0.25, -0.2) is 9.78 Å². The Morgan fingerprint density at radius 2 is 2.08 bits per heavy atom. The van der Waals surface area contributed by atoms with Gasteiger partial charge in [0, 0.05) is 17.9 Å². The van der Waals surface area contributed by atoms with E-state index in [4.69, 9.17) is 23.2 Å². The van der Waals surface area contributed by atoms with Gasteiger partial charge in [-0.2, -0.15) is 0 Å². The minimum atomic E-state index is -0.0977. The van der Waals surface area contributed by atoms with E-state index in [1.807, 2.05) is 11.0 Å². The van der Waals surface area contributed by atoms with Crippen molar-refractivity contribution in [3.63, 3.8) is 0 Å². The van der Waals surface area contributed by atoms with Gasteiger partial charge in [0.1, 0.15) is 4.60 Å². The first-order valence-electron chi connectivity index (χ1n) is 7.72. The van der Waals surface area contributed by atoms with Crippen LogP contribution >= 0.6 is 39.1 Å². The molecule has 1 fully saturated rings. The summed E-state index contributed by atoms with van der Waals surface area (Å²) in [5.41, 5.74) is 3.06. The van der Waals surface area contributed by atoms with Gasteiger partial charge in [-0.3, -0.25) is 0 Å². The molecular weight excluding hydrogens is 413 g/mol. The van der Waals surface area contributed by atoms with Crippen molar-refractivity contribution in [1.29, 1.82) is 0 Å². The maximum Gasteiger partial charge on any atom is 0.322 e. The zero-order valence-electron chi connectivity index (χ0n) is 12.6. The minimum absolute atomic E-state index is 0.0977. The quantitative estimate of drug-likeness (QED) is 0.616. The average Bonchev–Trinajstić information content (AvgIpc) is 2.87. The molecule has 4 rings (SSSR count). The first-order chi connectivity index (χ1) is 11.5. The van der Waals surface area contributed by atoms with Crippen LogP contribution in [0, 0.1) is 0 Å². The maximum atomic E-state index is 12.8. The second kappa shape index (κ2) is 6.21. The number of hydrogen-bond donors (Lipinski definition) is 1. The van der Waals surface area contributed by atoms with Gasteiger partial charge < -0.3 is 10.2 Å². The van der Waals surface area contributed by atoms with Gasteiger partial charge in [0.15, 0.2) is 0 Å². The van der Waals surface area contributed by atoms with Crippen LogP contribution in [0.2, 0.25) is 10.0 Å². The molecule has 2 aliphatic heterocycles. The topological polar surface area (TPSA) is 45.2 Å². The summed E-state index contributed by atoms with van der Waals surface area (Å²) >= 11 is 15.5. The molecule has 1 aromatic carbocycles. The third-order valence-electron chi connectivity index (χ3n) is 4.75. The predicted octanol–water partition coefficient (Wildman–Crippen LogP) is 5.44. The first-order valence-corrected chi connectivity index (χ1v) is 9.27. The van der Waals surface area contributed by atoms with E-state index in [2.05, 4.69) is 26.2 Å². The number of nitrogens with one attached hydrogen (secondary N) is 1. The SMILES string of the molecule is O=C(Nc1ccc(Cl)c(Cl)c1)N1[C@H]2CC[C@@H]1c1ccnc(Br)c1C2. The van der Waals surface area contributed by atoms with Crippen LogP contribution in [0.4, 0.5) is 10.5 Å². The summed E-state index contributed by atoms with van der Waals surface area (Å²) in [6.45, 7) is 0. The lowest BCUT2D eigenvalue weighted by Crippen LogP contribution is -2.44. The molecule has 0 aliphatic carbocycles. The van der Waals surface area contributed by atoms with Gasteiger partial charge in [0.05, 0.1) is 16.1 Å². The average molecular weight is 427 g/mol. The van der Waals surface area contributed by atoms with Gasteiger partial charge in [-0.15, -0.1) is 0 Å². The molecule has 1 saturated heterocycles. The number of hydrogen-bond acceptors (Lipinski definition) is 2. The number of pyridine rings is 1. The second-order valence-electron chi connectivity index (χ2n) is 6.09. The van der Waals surface area contributed by atoms with Crippen molar-refractivity contribution >= 4 is 50.9 Å². The number of nitrogens with zero attached hydrogens (tertiary/aromatic N) is 2. The number of carbonyl (C=O) groups excluding carboxylic acids is 1. The van der Waals surface area contributed by atoms with Crippen molar-refractivity contribution in [2.45, 2.75) is 31.3 Å². The standard InChI is InChI=1S/C17H14BrCl2N3O/c18-16-12-8-10-2-4-15(11(12)5-6-21-16)23(10)17(24)22-9-1-3-13(19)14(20)7-9/h1,3,5-7,10,15H,2,4,8H2,(H,22,24)/t10-,15+/m0/s1. The van der Waals surface area contributed by atoms with Crippen LogP contribution in [0.25, 0.3) is 0 Å². The zero-order valence-corrected chi connectivity index (χ0v) is 15.7. The number of aromatic nitrogens is 1. The Bertz CT molecular complexity index is 829. The molecule has 1 aromatic heterocycles. The maximum absolute atomic E-state index is 12.8. The van der Waals surface area contributed by atoms with Crippen LogP contribution in [0.5, 0.6) is 0 Å². The molecule has 24 heavy (non-hydrogen) atoms. The van der Waals surface area contributed by atoms with Gasteiger partial charge in [0.25, 0.3) is 0 Å². The summed E-state index contributed by atoms with van der Waals surface area (Å²) in [6.07, 6.45) is 4.59. The summed E-state index contributed by atoms with van der Waals surface area (Å²) in [6, 6.07) is 7.33. The van der Waals surface area contributed by atoms with Crippen molar-refractivity contribution < 1.29 is 4.79 Å². The Balaban J connectivity index is 1.61. The molecule has 124 valence electrons. The molecule has 0 saturated carbocycles. The Morgan fingerprint density at radius 3 is 2.88 bits per heavy atom. The summed E-state index contributed by atoms with van der Waals surface area (Å²) in [5.74, 6) is 0. The predicted molar refractivity (Wildman–Crippen MR) is 98.7 cm³/mol. The highest BCUT2D eigenvalue weighted by molar-refractivity contribution is 9.10. The van der Waals surface area contributed by atoms with Crippen LogP contribution < -0.4 is 5.32 Å². The molecule has 0 radical (unpaired) electrons. The highest BCUT2D eigenvalue weighted by atomic mass is 79.9. The fourth-order valence-electron chi connectivity index (χ4n) is 3.69. The molecule has 2 amide bonds. The van der Waals surface area contributed by atoms with Crippen molar-refractivity contribution in [3.8, 4) is 0 Å². The van der Waals surface area contributed by atoms with Crippen molar-refractivity contribution in [2.24, 2.45) is 0 Å². The number of urea groups is 1. The van der Waals surface area contributed by atoms with E-state index in [0.29, 0.717) is 15.7 Å². The Hall–Kier alpha value is -1.30. The highest BCUT2D eigenvalue weighted by Crippen LogP contribution is 2.45. The largest absolute Gasteiger partial charge is 0.322 e. The van der Waals surface area contributed by atoms with E-state index in [1.54, 1.807) is 24.4 Å². The van der Waals surface area contributed by atoms with Crippen molar-refractivity contribution in [1.82, 2.24) is 9.88 Å². The van der Waals surface area contributed by atoms with E-state index >= 15 is 0 Å². The second-order valence-corrected chi connectivity index (χ2v) is 7.65. The molecule has 2 atom stereocenters. The van der Waals surface area contributed by atoms with Crippen LogP contribution in [0.1, 0.15) is 30.0 Å². The van der Waals surface area contributed by atoms with E-state index < -0.39 is 0 Å². The number of amides is 2. The first kappa shape index (κ1) is 16.2. The van der Waals surface area contributed by atoms with Crippen LogP contribution in [-0.4, -0.2) is 22.0 Å². The molecule has 7 heteroatoms. The monoisotopic (exact) mass is 425 g/mol. The van der Waals surface area contributed by atoms with Crippen molar-refractivity contribution in [2.75, 3.05) is 5.32 Å². The van der Waals surface area contributed by atoms with Gasteiger partial charge in [-0.1, -0.05) is 23.2 Å². The lowest BCUT2D eigenvalue weighted by Gasteiger charge is -2.36. The fourth-order valence-corrected chi connectivity index (χ4v) is 4.50. The molecule has 2 aromatic rings. The summed E-state index contributed by atoms with van der Waals surface area (Å²) in [7, 11) is 0. The zero-order chi connectivity index (χ0) is 16.8. The van der Waals surface area contributed by atoms with Gasteiger partial charge >= 0.3 is 6.03 Å². The number of rotatable bonds is 1. The normalized spacial score (nSPS) is 21.5. The number of anilines is 1. The molecule has 0 unspecified atom stereocenters. The van der Waals surface area contributed by atoms with Crippen LogP contribution in [0.3, 0.4) is 0 Å². The Kier molecular flexibility index (Phi) is 4.19. The summed E-state index contributed by atoms with van der Waals surface area (Å²) < 4.78 is 0.890. The van der Waals surface area contributed by atoms with Gasteiger partial charge in [0.2, 0.25) is 0 Å². The number of fused-ring (bicyclic) bond motifs is 4. The highest BCUT2D eigenvalue weighted by Gasteiger charge is 2.43. The number of benzene rings is 1. The smallest absolute Gasteiger partial charge is 0.314 e. The molecule has 1 N–H and O–H groups in total. The fraction of sp³-hybridized carbons (Fsp3) is 0.294. The lowest BCUT2D eigenvalue weighted by molar-refractivity contribution is 0.179. The summed E-state index contributed by atoms with van der Waals surface area (Å²) in [5, 5.41) is 3.84. The van der Waals surface area contributed by atoms with Gasteiger partial charge in [-0.05, 0) is 70.6 Å². The molecule has 3 heterocycles. The number of halogens is 3. The van der Waals surface area contributed by atoms with Crippen molar-refractivity contribution in [3.05, 3.63) is 56.2 Å². The minimum Gasteiger partial charge on any atom is -0.314 e. The molecule has 2 aliphatic rings. The molecule has 2 bridgehead atoms. The van der Waals surface area contributed by atoms with E-state index in [0.717, 1.165) is 23.9 Å². The summed E-state index contributed by atoms with van der Waals surface area (Å²) in [4.78, 5) is 19.1. The third-order valence-corrected chi connectivity index (χ3v) is 6.17. The van der Waals surface area contributed by atoms with Crippen LogP contribution in [-0.2, 0) is 6.42 Å². The van der Waals surface area contributed by atoms with Crippen LogP contribution in [0.15, 0.2) is 35.1 Å². The molecule has 4 nitrogen and oxygen atoms in total. The Labute approximate surface area is 158 Å². The molecular formula is C17H14BrCl2N3O. The van der Waals surface area contributed by atoms with E-state index in [9.17, 15) is 4.79 Å². The van der Waals surface area contributed by atoms with E-state index in [1.165, 1.54) is 11.1 Å².